The van der Waals surface area contributed by atoms with Crippen molar-refractivity contribution < 1.29 is 4.79 Å². The lowest BCUT2D eigenvalue weighted by atomic mass is 10.0. The number of aryl methyl sites for hydroxylation is 1. The van der Waals surface area contributed by atoms with Gasteiger partial charge in [0.15, 0.2) is 0 Å². The van der Waals surface area contributed by atoms with Gasteiger partial charge in [-0.05, 0) is 42.5 Å². The Balaban J connectivity index is 0.00000208. The smallest absolute Gasteiger partial charge is 0.224 e. The summed E-state index contributed by atoms with van der Waals surface area (Å²) >= 11 is 0. The number of hydrogen-bond acceptors (Lipinski definition) is 2. The molecule has 0 radical (unpaired) electrons. The van der Waals surface area contributed by atoms with Crippen LogP contribution in [0, 0.1) is 0 Å². The van der Waals surface area contributed by atoms with Crippen LogP contribution in [-0.4, -0.2) is 11.4 Å². The SMILES string of the molecule is CCC1(N)CC1c1ccc(NC(=O)CCc2ccccc2)cc1.Cl. The maximum Gasteiger partial charge on any atom is 0.224 e. The van der Waals surface area contributed by atoms with Crippen LogP contribution in [-0.2, 0) is 11.2 Å². The van der Waals surface area contributed by atoms with E-state index in [1.54, 1.807) is 0 Å². The number of carbonyl (C=O) groups is 1. The highest BCUT2D eigenvalue weighted by atomic mass is 35.5. The molecule has 1 aliphatic rings. The topological polar surface area (TPSA) is 55.1 Å². The summed E-state index contributed by atoms with van der Waals surface area (Å²) in [6, 6.07) is 18.2. The lowest BCUT2D eigenvalue weighted by Gasteiger charge is -2.09. The highest BCUT2D eigenvalue weighted by molar-refractivity contribution is 5.90. The van der Waals surface area contributed by atoms with Gasteiger partial charge in [-0.15, -0.1) is 12.4 Å². The Kier molecular flexibility index (Phi) is 6.03. The van der Waals surface area contributed by atoms with Crippen molar-refractivity contribution in [2.75, 3.05) is 5.32 Å². The minimum absolute atomic E-state index is 0. The first-order valence-corrected chi connectivity index (χ1v) is 8.33. The summed E-state index contributed by atoms with van der Waals surface area (Å²) in [6.07, 6.45) is 3.33. The minimum atomic E-state index is -0.0134. The average Bonchev–Trinajstić information content (AvgIpc) is 3.27. The second-order valence-electron chi connectivity index (χ2n) is 6.50. The van der Waals surface area contributed by atoms with Crippen LogP contribution in [0.15, 0.2) is 54.6 Å². The molecule has 1 saturated carbocycles. The van der Waals surface area contributed by atoms with Crippen molar-refractivity contribution in [1.82, 2.24) is 0 Å². The van der Waals surface area contributed by atoms with Gasteiger partial charge in [0.2, 0.25) is 5.91 Å². The van der Waals surface area contributed by atoms with E-state index >= 15 is 0 Å². The van der Waals surface area contributed by atoms with Crippen LogP contribution in [0.4, 0.5) is 5.69 Å². The Hall–Kier alpha value is -1.84. The van der Waals surface area contributed by atoms with Crippen LogP contribution in [0.1, 0.15) is 43.2 Å². The highest BCUT2D eigenvalue weighted by Crippen LogP contribution is 2.51. The first-order valence-electron chi connectivity index (χ1n) is 8.33. The standard InChI is InChI=1S/C20H24N2O.ClH/c1-2-20(21)14-18(20)16-9-11-17(12-10-16)22-19(23)13-8-15-6-4-3-5-7-15;/h3-7,9-12,18H,2,8,13-14,21H2,1H3,(H,22,23);1H. The van der Waals surface area contributed by atoms with E-state index in [2.05, 4.69) is 24.4 Å². The molecule has 0 spiro atoms. The van der Waals surface area contributed by atoms with Crippen LogP contribution in [0.25, 0.3) is 0 Å². The van der Waals surface area contributed by atoms with Gasteiger partial charge in [-0.2, -0.15) is 0 Å². The first kappa shape index (κ1) is 18.5. The number of anilines is 1. The van der Waals surface area contributed by atoms with E-state index in [9.17, 15) is 4.79 Å². The van der Waals surface area contributed by atoms with Crippen molar-refractivity contribution in [2.24, 2.45) is 5.73 Å². The summed E-state index contributed by atoms with van der Waals surface area (Å²) in [4.78, 5) is 12.0. The minimum Gasteiger partial charge on any atom is -0.326 e. The van der Waals surface area contributed by atoms with E-state index in [0.29, 0.717) is 12.3 Å². The van der Waals surface area contributed by atoms with Crippen molar-refractivity contribution in [3.05, 3.63) is 65.7 Å². The molecule has 1 fully saturated rings. The normalized spacial score (nSPS) is 21.7. The molecule has 0 heterocycles. The zero-order valence-electron chi connectivity index (χ0n) is 14.0. The highest BCUT2D eigenvalue weighted by Gasteiger charge is 2.49. The number of nitrogens with one attached hydrogen (secondary N) is 1. The van der Waals surface area contributed by atoms with Gasteiger partial charge in [-0.1, -0.05) is 49.4 Å². The Labute approximate surface area is 150 Å². The fourth-order valence-corrected chi connectivity index (χ4v) is 3.09. The van der Waals surface area contributed by atoms with Gasteiger partial charge in [0.1, 0.15) is 0 Å². The van der Waals surface area contributed by atoms with Gasteiger partial charge in [0, 0.05) is 23.6 Å². The summed E-state index contributed by atoms with van der Waals surface area (Å²) in [7, 11) is 0. The molecule has 0 bridgehead atoms. The van der Waals surface area contributed by atoms with Gasteiger partial charge in [-0.3, -0.25) is 4.79 Å². The second kappa shape index (κ2) is 7.82. The average molecular weight is 345 g/mol. The molecule has 0 saturated heterocycles. The lowest BCUT2D eigenvalue weighted by Crippen LogP contribution is -2.22. The Morgan fingerprint density at radius 1 is 1.17 bits per heavy atom. The maximum absolute atomic E-state index is 12.0. The first-order chi connectivity index (χ1) is 11.1. The Bertz CT molecular complexity index is 672. The summed E-state index contributed by atoms with van der Waals surface area (Å²) in [5.74, 6) is 0.519. The van der Waals surface area contributed by atoms with Crippen molar-refractivity contribution >= 4 is 24.0 Å². The molecular weight excluding hydrogens is 320 g/mol. The maximum atomic E-state index is 12.0. The van der Waals surface area contributed by atoms with E-state index in [1.165, 1.54) is 11.1 Å². The summed E-state index contributed by atoms with van der Waals surface area (Å²) in [5.41, 5.74) is 9.57. The third kappa shape index (κ3) is 4.37. The molecule has 1 aliphatic carbocycles. The number of nitrogens with two attached hydrogens (primary N) is 1. The van der Waals surface area contributed by atoms with Gasteiger partial charge in [-0.25, -0.2) is 0 Å². The second-order valence-corrected chi connectivity index (χ2v) is 6.50. The summed E-state index contributed by atoms with van der Waals surface area (Å²) in [5, 5.41) is 2.96. The largest absolute Gasteiger partial charge is 0.326 e. The van der Waals surface area contributed by atoms with Crippen LogP contribution in [0.2, 0.25) is 0 Å². The number of amides is 1. The van der Waals surface area contributed by atoms with Crippen LogP contribution in [0.5, 0.6) is 0 Å². The van der Waals surface area contributed by atoms with Crippen molar-refractivity contribution in [2.45, 2.75) is 44.1 Å². The van der Waals surface area contributed by atoms with Crippen molar-refractivity contribution in [1.29, 1.82) is 0 Å². The van der Waals surface area contributed by atoms with Gasteiger partial charge in [0.25, 0.3) is 0 Å². The molecule has 3 rings (SSSR count). The molecule has 2 unspecified atom stereocenters. The lowest BCUT2D eigenvalue weighted by molar-refractivity contribution is -0.116. The predicted molar refractivity (Wildman–Crippen MR) is 102 cm³/mol. The summed E-state index contributed by atoms with van der Waals surface area (Å²) in [6.45, 7) is 2.14. The van der Waals surface area contributed by atoms with E-state index < -0.39 is 0 Å². The molecule has 0 aliphatic heterocycles. The fraction of sp³-hybridized carbons (Fsp3) is 0.350. The van der Waals surface area contributed by atoms with Gasteiger partial charge in [0.05, 0.1) is 0 Å². The zero-order valence-corrected chi connectivity index (χ0v) is 14.8. The molecule has 2 aromatic rings. The van der Waals surface area contributed by atoms with Gasteiger partial charge < -0.3 is 11.1 Å². The van der Waals surface area contributed by atoms with Crippen molar-refractivity contribution in [3.63, 3.8) is 0 Å². The van der Waals surface area contributed by atoms with E-state index in [4.69, 9.17) is 5.73 Å². The van der Waals surface area contributed by atoms with E-state index in [0.717, 1.165) is 24.9 Å². The summed E-state index contributed by atoms with van der Waals surface area (Å²) < 4.78 is 0. The van der Waals surface area contributed by atoms with Crippen LogP contribution in [0.3, 0.4) is 0 Å². The number of halogens is 1. The predicted octanol–water partition coefficient (Wildman–Crippen LogP) is 4.27. The molecular formula is C20H25ClN2O. The molecule has 3 nitrogen and oxygen atoms in total. The number of hydrogen-bond donors (Lipinski definition) is 2. The van der Waals surface area contributed by atoms with Gasteiger partial charge >= 0.3 is 0 Å². The zero-order chi connectivity index (χ0) is 16.3. The van der Waals surface area contributed by atoms with Crippen LogP contribution >= 0.6 is 12.4 Å². The molecule has 24 heavy (non-hydrogen) atoms. The Morgan fingerprint density at radius 3 is 2.42 bits per heavy atom. The molecule has 3 N–H and O–H groups in total. The molecule has 2 aromatic carbocycles. The molecule has 128 valence electrons. The number of rotatable bonds is 6. The van der Waals surface area contributed by atoms with E-state index in [1.807, 2.05) is 42.5 Å². The molecule has 2 atom stereocenters. The van der Waals surface area contributed by atoms with E-state index in [-0.39, 0.29) is 23.9 Å². The molecule has 1 amide bonds. The monoisotopic (exact) mass is 344 g/mol. The number of carbonyl (C=O) groups excluding carboxylic acids is 1. The molecule has 0 aromatic heterocycles. The third-order valence-corrected chi connectivity index (χ3v) is 4.86. The van der Waals surface area contributed by atoms with Crippen LogP contribution < -0.4 is 11.1 Å². The Morgan fingerprint density at radius 2 is 1.83 bits per heavy atom. The quantitative estimate of drug-likeness (QED) is 0.822. The van der Waals surface area contributed by atoms with Crippen molar-refractivity contribution in [3.8, 4) is 0 Å². The fourth-order valence-electron chi connectivity index (χ4n) is 3.09. The molecule has 4 heteroatoms. The third-order valence-electron chi connectivity index (χ3n) is 4.86. The number of benzene rings is 2.